The Morgan fingerprint density at radius 3 is 2.76 bits per heavy atom. The Bertz CT molecular complexity index is 343. The van der Waals surface area contributed by atoms with Crippen LogP contribution < -0.4 is 10.2 Å². The standard InChI is InChI=1S/C14H23N3/c1-17(2)14-8-9-15-10-12(14)11-16-13-6-4-3-5-7-13/h8-10,13,16H,3-7,11H2,1-2H3. The third-order valence-corrected chi connectivity index (χ3v) is 3.55. The molecule has 0 amide bonds. The first kappa shape index (κ1) is 12.4. The number of nitrogens with one attached hydrogen (secondary N) is 1. The molecule has 3 heteroatoms. The van der Waals surface area contributed by atoms with Crippen LogP contribution in [0.3, 0.4) is 0 Å². The minimum atomic E-state index is 0.707. The third-order valence-electron chi connectivity index (χ3n) is 3.55. The lowest BCUT2D eigenvalue weighted by atomic mass is 9.95. The Kier molecular flexibility index (Phi) is 4.37. The summed E-state index contributed by atoms with van der Waals surface area (Å²) < 4.78 is 0. The van der Waals surface area contributed by atoms with Gasteiger partial charge in [-0.1, -0.05) is 19.3 Å². The van der Waals surface area contributed by atoms with Gasteiger partial charge in [0.1, 0.15) is 0 Å². The second-order valence-electron chi connectivity index (χ2n) is 5.11. The maximum absolute atomic E-state index is 4.22. The van der Waals surface area contributed by atoms with Crippen molar-refractivity contribution in [1.82, 2.24) is 10.3 Å². The van der Waals surface area contributed by atoms with Crippen molar-refractivity contribution < 1.29 is 0 Å². The predicted molar refractivity (Wildman–Crippen MR) is 72.3 cm³/mol. The number of aromatic nitrogens is 1. The minimum absolute atomic E-state index is 0.707. The number of anilines is 1. The average molecular weight is 233 g/mol. The topological polar surface area (TPSA) is 28.2 Å². The van der Waals surface area contributed by atoms with Crippen molar-refractivity contribution in [3.05, 3.63) is 24.0 Å². The van der Waals surface area contributed by atoms with Gasteiger partial charge in [-0.15, -0.1) is 0 Å². The first-order chi connectivity index (χ1) is 8.27. The molecule has 0 atom stereocenters. The van der Waals surface area contributed by atoms with Crippen LogP contribution in [0.2, 0.25) is 0 Å². The number of hydrogen-bond donors (Lipinski definition) is 1. The zero-order valence-corrected chi connectivity index (χ0v) is 10.9. The molecule has 0 radical (unpaired) electrons. The first-order valence-electron chi connectivity index (χ1n) is 6.61. The van der Waals surface area contributed by atoms with Crippen LogP contribution in [-0.2, 0) is 6.54 Å². The van der Waals surface area contributed by atoms with Crippen molar-refractivity contribution in [1.29, 1.82) is 0 Å². The van der Waals surface area contributed by atoms with Crippen LogP contribution in [-0.4, -0.2) is 25.1 Å². The first-order valence-corrected chi connectivity index (χ1v) is 6.61. The van der Waals surface area contributed by atoms with Crippen LogP contribution >= 0.6 is 0 Å². The number of nitrogens with zero attached hydrogens (tertiary/aromatic N) is 2. The lowest BCUT2D eigenvalue weighted by Crippen LogP contribution is -2.31. The molecule has 1 aliphatic carbocycles. The summed E-state index contributed by atoms with van der Waals surface area (Å²) in [5.41, 5.74) is 2.56. The van der Waals surface area contributed by atoms with Crippen LogP contribution in [0.5, 0.6) is 0 Å². The largest absolute Gasteiger partial charge is 0.377 e. The molecular weight excluding hydrogens is 210 g/mol. The molecule has 1 saturated carbocycles. The third kappa shape index (κ3) is 3.43. The van der Waals surface area contributed by atoms with E-state index < -0.39 is 0 Å². The molecule has 1 aliphatic rings. The molecule has 94 valence electrons. The van der Waals surface area contributed by atoms with Crippen molar-refractivity contribution in [3.8, 4) is 0 Å². The van der Waals surface area contributed by atoms with Gasteiger partial charge in [0.05, 0.1) is 0 Å². The highest BCUT2D eigenvalue weighted by Crippen LogP contribution is 2.20. The second kappa shape index (κ2) is 6.01. The lowest BCUT2D eigenvalue weighted by Gasteiger charge is -2.24. The van der Waals surface area contributed by atoms with E-state index in [2.05, 4.69) is 35.4 Å². The minimum Gasteiger partial charge on any atom is -0.377 e. The van der Waals surface area contributed by atoms with E-state index in [1.165, 1.54) is 43.4 Å². The molecular formula is C14H23N3. The van der Waals surface area contributed by atoms with Gasteiger partial charge >= 0.3 is 0 Å². The fraction of sp³-hybridized carbons (Fsp3) is 0.643. The summed E-state index contributed by atoms with van der Waals surface area (Å²) >= 11 is 0. The van der Waals surface area contributed by atoms with Crippen molar-refractivity contribution >= 4 is 5.69 Å². The Hall–Kier alpha value is -1.09. The Balaban J connectivity index is 1.93. The van der Waals surface area contributed by atoms with Crippen molar-refractivity contribution in [2.75, 3.05) is 19.0 Å². The summed E-state index contributed by atoms with van der Waals surface area (Å²) in [4.78, 5) is 6.38. The van der Waals surface area contributed by atoms with E-state index in [-0.39, 0.29) is 0 Å². The molecule has 1 fully saturated rings. The van der Waals surface area contributed by atoms with Crippen LogP contribution in [0.25, 0.3) is 0 Å². The molecule has 0 aromatic carbocycles. The van der Waals surface area contributed by atoms with Crippen LogP contribution in [0.15, 0.2) is 18.5 Å². The predicted octanol–water partition coefficient (Wildman–Crippen LogP) is 2.57. The van der Waals surface area contributed by atoms with Crippen LogP contribution in [0.1, 0.15) is 37.7 Å². The highest BCUT2D eigenvalue weighted by molar-refractivity contribution is 5.50. The van der Waals surface area contributed by atoms with Gasteiger partial charge in [0.25, 0.3) is 0 Å². The molecule has 17 heavy (non-hydrogen) atoms. The van der Waals surface area contributed by atoms with Crippen LogP contribution in [0.4, 0.5) is 5.69 Å². The quantitative estimate of drug-likeness (QED) is 0.866. The summed E-state index contributed by atoms with van der Waals surface area (Å²) in [5, 5.41) is 3.67. The molecule has 3 nitrogen and oxygen atoms in total. The molecule has 0 saturated heterocycles. The van der Waals surface area contributed by atoms with E-state index in [0.29, 0.717) is 6.04 Å². The SMILES string of the molecule is CN(C)c1ccncc1CNC1CCCCC1. The summed E-state index contributed by atoms with van der Waals surface area (Å²) in [6.45, 7) is 0.937. The van der Waals surface area contributed by atoms with E-state index >= 15 is 0 Å². The maximum Gasteiger partial charge on any atom is 0.0437 e. The Labute approximate surface area is 104 Å². The van der Waals surface area contributed by atoms with E-state index in [9.17, 15) is 0 Å². The van der Waals surface area contributed by atoms with Gasteiger partial charge in [-0.05, 0) is 18.9 Å². The molecule has 1 heterocycles. The zero-order chi connectivity index (χ0) is 12.1. The van der Waals surface area contributed by atoms with Gasteiger partial charge < -0.3 is 10.2 Å². The number of pyridine rings is 1. The van der Waals surface area contributed by atoms with E-state index in [4.69, 9.17) is 0 Å². The molecule has 0 aliphatic heterocycles. The van der Waals surface area contributed by atoms with Gasteiger partial charge in [0.2, 0.25) is 0 Å². The lowest BCUT2D eigenvalue weighted by molar-refractivity contribution is 0.372. The molecule has 0 spiro atoms. The molecule has 1 N–H and O–H groups in total. The highest BCUT2D eigenvalue weighted by Gasteiger charge is 2.13. The fourth-order valence-corrected chi connectivity index (χ4v) is 2.55. The Morgan fingerprint density at radius 1 is 1.29 bits per heavy atom. The molecule has 2 rings (SSSR count). The highest BCUT2D eigenvalue weighted by atomic mass is 15.1. The molecule has 1 aromatic heterocycles. The van der Waals surface area contributed by atoms with Crippen molar-refractivity contribution in [2.24, 2.45) is 0 Å². The van der Waals surface area contributed by atoms with Gasteiger partial charge in [0.15, 0.2) is 0 Å². The average Bonchev–Trinajstić information content (AvgIpc) is 2.38. The Morgan fingerprint density at radius 2 is 2.06 bits per heavy atom. The summed E-state index contributed by atoms with van der Waals surface area (Å²) in [7, 11) is 4.17. The second-order valence-corrected chi connectivity index (χ2v) is 5.11. The smallest absolute Gasteiger partial charge is 0.0437 e. The summed E-state index contributed by atoms with van der Waals surface area (Å²) in [6.07, 6.45) is 10.7. The van der Waals surface area contributed by atoms with Gasteiger partial charge in [0, 0.05) is 50.3 Å². The zero-order valence-electron chi connectivity index (χ0n) is 10.9. The van der Waals surface area contributed by atoms with Crippen molar-refractivity contribution in [2.45, 2.75) is 44.7 Å². The summed E-state index contributed by atoms with van der Waals surface area (Å²) in [6, 6.07) is 2.79. The molecule has 0 unspecified atom stereocenters. The summed E-state index contributed by atoms with van der Waals surface area (Å²) in [5.74, 6) is 0. The number of hydrogen-bond acceptors (Lipinski definition) is 3. The molecule has 0 bridgehead atoms. The van der Waals surface area contributed by atoms with Crippen LogP contribution in [0, 0.1) is 0 Å². The maximum atomic E-state index is 4.22. The van der Waals surface area contributed by atoms with Gasteiger partial charge in [-0.3, -0.25) is 4.98 Å². The van der Waals surface area contributed by atoms with Crippen molar-refractivity contribution in [3.63, 3.8) is 0 Å². The van der Waals surface area contributed by atoms with E-state index in [1.807, 2.05) is 12.4 Å². The van der Waals surface area contributed by atoms with Gasteiger partial charge in [-0.25, -0.2) is 0 Å². The number of rotatable bonds is 4. The van der Waals surface area contributed by atoms with E-state index in [0.717, 1.165) is 6.54 Å². The normalized spacial score (nSPS) is 17.1. The van der Waals surface area contributed by atoms with E-state index in [1.54, 1.807) is 0 Å². The fourth-order valence-electron chi connectivity index (χ4n) is 2.55. The monoisotopic (exact) mass is 233 g/mol. The molecule has 1 aromatic rings. The van der Waals surface area contributed by atoms with Gasteiger partial charge in [-0.2, -0.15) is 0 Å².